The SMILES string of the molecule is Cc1cc(C)c(-c2cccc(-c3c(C)cc(C)cc3C)c2B2c3cccc4c3-n3c5c2ccc2c6ccccc6c6ccc(c3c6c25)B4c2c(-c3c(C)cc(C)cc3C)cccc2-c2c(C)cc(C)cc2C)c(C)c1. The third-order valence-corrected chi connectivity index (χ3v) is 17.8. The molecule has 3 heteroatoms. The molecule has 0 unspecified atom stereocenters. The predicted octanol–water partition coefficient (Wildman–Crippen LogP) is 14.6. The average Bonchev–Trinajstić information content (AvgIpc) is 4.00. The first-order valence-corrected chi connectivity index (χ1v) is 27.2. The number of nitrogens with zero attached hydrogens (tertiary/aromatic N) is 1. The number of aryl methyl sites for hydroxylation is 12. The lowest BCUT2D eigenvalue weighted by atomic mass is 9.30. The second-order valence-electron chi connectivity index (χ2n) is 23.0. The van der Waals surface area contributed by atoms with E-state index in [-0.39, 0.29) is 13.4 Å². The highest BCUT2D eigenvalue weighted by atomic mass is 15.0. The van der Waals surface area contributed by atoms with E-state index in [2.05, 4.69) is 239 Å². The maximum Gasteiger partial charge on any atom is 0.248 e. The van der Waals surface area contributed by atoms with E-state index in [0.29, 0.717) is 0 Å². The van der Waals surface area contributed by atoms with Crippen LogP contribution in [-0.2, 0) is 0 Å². The molecule has 0 N–H and O–H groups in total. The monoisotopic (exact) mass is 961 g/mol. The van der Waals surface area contributed by atoms with Crippen LogP contribution in [0.1, 0.15) is 66.8 Å². The van der Waals surface area contributed by atoms with Gasteiger partial charge in [-0.05, 0) is 215 Å². The van der Waals surface area contributed by atoms with Gasteiger partial charge in [0.15, 0.2) is 0 Å². The Kier molecular flexibility index (Phi) is 9.95. The molecule has 1 nitrogen and oxygen atoms in total. The summed E-state index contributed by atoms with van der Waals surface area (Å²) in [6, 6.07) is 60.1. The van der Waals surface area contributed by atoms with E-state index >= 15 is 0 Å². The molecule has 0 radical (unpaired) electrons. The minimum Gasteiger partial charge on any atom is -0.311 e. The molecule has 11 aromatic carbocycles. The lowest BCUT2D eigenvalue weighted by Gasteiger charge is -2.37. The number of benzene rings is 11. The van der Waals surface area contributed by atoms with Crippen LogP contribution < -0.4 is 32.8 Å². The van der Waals surface area contributed by atoms with Crippen LogP contribution >= 0.6 is 0 Å². The van der Waals surface area contributed by atoms with E-state index in [1.807, 2.05) is 0 Å². The molecule has 0 spiro atoms. The summed E-state index contributed by atoms with van der Waals surface area (Å²) in [6.45, 7) is 27.4. The van der Waals surface area contributed by atoms with Gasteiger partial charge < -0.3 is 4.57 Å². The van der Waals surface area contributed by atoms with Crippen LogP contribution in [0.3, 0.4) is 0 Å². The first-order valence-electron chi connectivity index (χ1n) is 27.2. The van der Waals surface area contributed by atoms with Gasteiger partial charge in [0, 0.05) is 27.5 Å². The van der Waals surface area contributed by atoms with E-state index < -0.39 is 0 Å². The Morgan fingerprint density at radius 3 is 0.880 bits per heavy atom. The zero-order valence-corrected chi connectivity index (χ0v) is 45.5. The Morgan fingerprint density at radius 1 is 0.280 bits per heavy atom. The summed E-state index contributed by atoms with van der Waals surface area (Å²) in [4.78, 5) is 0. The highest BCUT2D eigenvalue weighted by Crippen LogP contribution is 2.46. The summed E-state index contributed by atoms with van der Waals surface area (Å²) in [7, 11) is 0. The van der Waals surface area contributed by atoms with Crippen molar-refractivity contribution in [1.82, 2.24) is 4.57 Å². The summed E-state index contributed by atoms with van der Waals surface area (Å²) >= 11 is 0. The fraction of sp³-hybridized carbons (Fsp3) is 0.167. The topological polar surface area (TPSA) is 4.93 Å². The summed E-state index contributed by atoms with van der Waals surface area (Å²) in [6.07, 6.45) is 0. The third-order valence-electron chi connectivity index (χ3n) is 17.8. The van der Waals surface area contributed by atoms with Gasteiger partial charge >= 0.3 is 0 Å². The van der Waals surface area contributed by atoms with Gasteiger partial charge in [0.1, 0.15) is 0 Å². The number of fused-ring (bicyclic) bond motifs is 3. The standard InChI is InChI=1S/C72H61B2N/c1-38-30-42(5)62(43(6)31-38)54-20-15-21-55(63-44(7)32-39(2)33-45(63)8)68(54)73-58-24-17-25-59-70(58)75-71-60(73)28-26-52-50-18-13-14-19-51(50)53-27-29-61(72(75)67(53)66(52)71)74(59)69-56(64-46(9)34-40(3)35-47(64)10)22-16-23-57(69)65-48(11)36-41(4)37-49(65)12/h13-37H,1-12H3. The van der Waals surface area contributed by atoms with Gasteiger partial charge in [-0.2, -0.15) is 0 Å². The fourth-order valence-corrected chi connectivity index (χ4v) is 15.7. The summed E-state index contributed by atoms with van der Waals surface area (Å²) in [5.41, 5.74) is 38.7. The van der Waals surface area contributed by atoms with E-state index in [4.69, 9.17) is 0 Å². The van der Waals surface area contributed by atoms with Crippen molar-refractivity contribution in [2.24, 2.45) is 0 Å². The Balaban J connectivity index is 1.20. The van der Waals surface area contributed by atoms with Crippen LogP contribution in [0.2, 0.25) is 0 Å². The summed E-state index contributed by atoms with van der Waals surface area (Å²) < 4.78 is 2.77. The number of rotatable bonds is 6. The molecule has 0 saturated heterocycles. The van der Waals surface area contributed by atoms with Crippen LogP contribution in [0.5, 0.6) is 0 Å². The maximum absolute atomic E-state index is 2.77. The predicted molar refractivity (Wildman–Crippen MR) is 328 cm³/mol. The molecule has 12 aromatic rings. The first kappa shape index (κ1) is 45.7. The second kappa shape index (κ2) is 16.3. The lowest BCUT2D eigenvalue weighted by molar-refractivity contribution is 1.20. The third kappa shape index (κ3) is 6.34. The van der Waals surface area contributed by atoms with Gasteiger partial charge in [0.2, 0.25) is 13.4 Å². The van der Waals surface area contributed by atoms with Gasteiger partial charge in [0.05, 0.1) is 0 Å². The quantitative estimate of drug-likeness (QED) is 0.116. The molecule has 0 atom stereocenters. The number of aromatic nitrogens is 1. The molecule has 0 saturated carbocycles. The van der Waals surface area contributed by atoms with Gasteiger partial charge in [-0.3, -0.25) is 0 Å². The van der Waals surface area contributed by atoms with Crippen molar-refractivity contribution in [1.29, 1.82) is 0 Å². The van der Waals surface area contributed by atoms with Crippen LogP contribution in [0.4, 0.5) is 0 Å². The molecule has 75 heavy (non-hydrogen) atoms. The van der Waals surface area contributed by atoms with Crippen molar-refractivity contribution in [3.8, 4) is 50.2 Å². The molecule has 14 rings (SSSR count). The molecular formula is C72H61B2N. The Bertz CT molecular complexity index is 3980. The van der Waals surface area contributed by atoms with E-state index in [1.165, 1.54) is 193 Å². The molecule has 0 bridgehead atoms. The van der Waals surface area contributed by atoms with Crippen LogP contribution in [0, 0.1) is 83.1 Å². The molecule has 1 aromatic heterocycles. The zero-order valence-electron chi connectivity index (χ0n) is 45.5. The van der Waals surface area contributed by atoms with Gasteiger partial charge in [-0.1, -0.05) is 185 Å². The number of hydrogen-bond donors (Lipinski definition) is 0. The number of para-hydroxylation sites is 1. The van der Waals surface area contributed by atoms with Crippen molar-refractivity contribution in [3.63, 3.8) is 0 Å². The van der Waals surface area contributed by atoms with E-state index in [0.717, 1.165) is 0 Å². The molecule has 0 fully saturated rings. The molecule has 0 aliphatic carbocycles. The minimum atomic E-state index is -0.0853. The minimum absolute atomic E-state index is 0.0853. The number of hydrogen-bond acceptors (Lipinski definition) is 0. The molecule has 0 amide bonds. The van der Waals surface area contributed by atoms with Crippen molar-refractivity contribution >= 4 is 89.6 Å². The Morgan fingerprint density at radius 2 is 0.573 bits per heavy atom. The lowest BCUT2D eigenvalue weighted by Crippen LogP contribution is -2.63. The molecule has 360 valence electrons. The largest absolute Gasteiger partial charge is 0.311 e. The van der Waals surface area contributed by atoms with Crippen molar-refractivity contribution in [2.75, 3.05) is 0 Å². The van der Waals surface area contributed by atoms with Crippen LogP contribution in [-0.4, -0.2) is 18.0 Å². The van der Waals surface area contributed by atoms with Gasteiger partial charge in [-0.15, -0.1) is 0 Å². The van der Waals surface area contributed by atoms with Crippen LogP contribution in [0.25, 0.3) is 93.5 Å². The Labute approximate surface area is 443 Å². The van der Waals surface area contributed by atoms with E-state index in [9.17, 15) is 0 Å². The van der Waals surface area contributed by atoms with Crippen molar-refractivity contribution in [3.05, 3.63) is 218 Å². The average molecular weight is 962 g/mol. The van der Waals surface area contributed by atoms with Gasteiger partial charge in [-0.25, -0.2) is 0 Å². The molecular weight excluding hydrogens is 900 g/mol. The Hall–Kier alpha value is -7.87. The second-order valence-corrected chi connectivity index (χ2v) is 23.0. The van der Waals surface area contributed by atoms with Gasteiger partial charge in [0.25, 0.3) is 0 Å². The zero-order chi connectivity index (χ0) is 51.6. The first-order chi connectivity index (χ1) is 36.2. The van der Waals surface area contributed by atoms with Crippen molar-refractivity contribution < 1.29 is 0 Å². The van der Waals surface area contributed by atoms with Crippen LogP contribution in [0.15, 0.2) is 152 Å². The van der Waals surface area contributed by atoms with E-state index in [1.54, 1.807) is 0 Å². The highest BCUT2D eigenvalue weighted by Gasteiger charge is 2.45. The normalized spacial score (nSPS) is 12.7. The smallest absolute Gasteiger partial charge is 0.248 e. The summed E-state index contributed by atoms with van der Waals surface area (Å²) in [5, 5.41) is 8.07. The highest BCUT2D eigenvalue weighted by molar-refractivity contribution is 7.03. The fourth-order valence-electron chi connectivity index (χ4n) is 15.7. The molecule has 3 heterocycles. The van der Waals surface area contributed by atoms with Crippen molar-refractivity contribution in [2.45, 2.75) is 83.1 Å². The molecule has 2 aliphatic rings. The maximum atomic E-state index is 2.77. The summed E-state index contributed by atoms with van der Waals surface area (Å²) in [5.74, 6) is 0. The molecule has 2 aliphatic heterocycles.